The molecule has 1 aromatic carbocycles. The summed E-state index contributed by atoms with van der Waals surface area (Å²) in [7, 11) is 1.65. The Balaban J connectivity index is 1.58. The van der Waals surface area contributed by atoms with E-state index in [1.54, 1.807) is 7.11 Å². The fourth-order valence-electron chi connectivity index (χ4n) is 3.12. The van der Waals surface area contributed by atoms with Gasteiger partial charge in [0.2, 0.25) is 5.91 Å². The molecule has 0 unspecified atom stereocenters. The number of carbonyl (C=O) groups is 1. The number of ether oxygens (including phenoxy) is 1. The van der Waals surface area contributed by atoms with Gasteiger partial charge in [-0.25, -0.2) is 4.98 Å². The second-order valence-corrected chi connectivity index (χ2v) is 7.21. The first kappa shape index (κ1) is 17.6. The Bertz CT molecular complexity index is 703. The number of hydrogen-bond acceptors (Lipinski definition) is 4. The molecule has 134 valence electrons. The van der Waals surface area contributed by atoms with Crippen LogP contribution in [0.4, 0.5) is 0 Å². The van der Waals surface area contributed by atoms with Gasteiger partial charge in [0.05, 0.1) is 12.0 Å². The molecule has 6 heteroatoms. The number of nitrogens with zero attached hydrogens (tertiary/aromatic N) is 3. The van der Waals surface area contributed by atoms with Gasteiger partial charge >= 0.3 is 0 Å². The van der Waals surface area contributed by atoms with Crippen LogP contribution >= 0.6 is 0 Å². The topological polar surface area (TPSA) is 71.1 Å². The number of likely N-dealkylation sites (tertiary alicyclic amines) is 1. The van der Waals surface area contributed by atoms with E-state index in [1.165, 1.54) is 0 Å². The molecule has 0 radical (unpaired) electrons. The van der Waals surface area contributed by atoms with Crippen LogP contribution in [-0.4, -0.2) is 51.8 Å². The fourth-order valence-corrected chi connectivity index (χ4v) is 3.12. The number of nitrogens with one attached hydrogen (secondary N) is 1. The second-order valence-electron chi connectivity index (χ2n) is 7.21. The van der Waals surface area contributed by atoms with Crippen LogP contribution in [0.15, 0.2) is 30.3 Å². The van der Waals surface area contributed by atoms with E-state index in [9.17, 15) is 4.79 Å². The average Bonchev–Trinajstić information content (AvgIpc) is 3.12. The number of rotatable bonds is 5. The van der Waals surface area contributed by atoms with Gasteiger partial charge in [-0.15, -0.1) is 0 Å². The van der Waals surface area contributed by atoms with E-state index in [2.05, 4.69) is 15.2 Å². The van der Waals surface area contributed by atoms with Crippen LogP contribution < -0.4 is 0 Å². The molecule has 1 saturated heterocycles. The molecule has 1 aromatic heterocycles. The van der Waals surface area contributed by atoms with Gasteiger partial charge in [0, 0.05) is 31.7 Å². The van der Waals surface area contributed by atoms with Gasteiger partial charge in [-0.1, -0.05) is 30.3 Å². The molecule has 0 aliphatic carbocycles. The van der Waals surface area contributed by atoms with Crippen molar-refractivity contribution in [3.8, 4) is 11.4 Å². The van der Waals surface area contributed by atoms with Gasteiger partial charge < -0.3 is 9.64 Å². The summed E-state index contributed by atoms with van der Waals surface area (Å²) in [5, 5.41) is 7.42. The summed E-state index contributed by atoms with van der Waals surface area (Å²) in [6.07, 6.45) is 2.22. The molecule has 0 spiro atoms. The lowest BCUT2D eigenvalue weighted by atomic mass is 9.95. The molecule has 1 aliphatic rings. The smallest absolute Gasteiger partial charge is 0.225 e. The quantitative estimate of drug-likeness (QED) is 0.907. The largest absolute Gasteiger partial charge is 0.378 e. The molecule has 2 aromatic rings. The van der Waals surface area contributed by atoms with E-state index < -0.39 is 5.60 Å². The molecule has 25 heavy (non-hydrogen) atoms. The summed E-state index contributed by atoms with van der Waals surface area (Å²) in [5.41, 5.74) is 0.600. The maximum Gasteiger partial charge on any atom is 0.225 e. The normalized spacial score (nSPS) is 16.2. The zero-order chi connectivity index (χ0) is 17.9. The number of piperidine rings is 1. The number of aromatic nitrogens is 3. The van der Waals surface area contributed by atoms with Crippen LogP contribution in [0.1, 0.15) is 44.9 Å². The minimum Gasteiger partial charge on any atom is -0.378 e. The molecule has 0 bridgehead atoms. The van der Waals surface area contributed by atoms with Crippen molar-refractivity contribution < 1.29 is 9.53 Å². The molecule has 1 N–H and O–H groups in total. The second kappa shape index (κ2) is 7.35. The van der Waals surface area contributed by atoms with Crippen LogP contribution in [0.25, 0.3) is 11.4 Å². The number of benzene rings is 1. The van der Waals surface area contributed by atoms with Gasteiger partial charge in [-0.3, -0.25) is 9.89 Å². The summed E-state index contributed by atoms with van der Waals surface area (Å²) >= 11 is 0. The molecule has 0 saturated carbocycles. The van der Waals surface area contributed by atoms with E-state index in [4.69, 9.17) is 4.74 Å². The van der Waals surface area contributed by atoms with Gasteiger partial charge in [-0.2, -0.15) is 5.10 Å². The van der Waals surface area contributed by atoms with Crippen molar-refractivity contribution in [2.45, 2.75) is 44.6 Å². The summed E-state index contributed by atoms with van der Waals surface area (Å²) in [4.78, 5) is 19.0. The molecule has 1 aliphatic heterocycles. The van der Waals surface area contributed by atoms with Crippen molar-refractivity contribution >= 4 is 5.91 Å². The van der Waals surface area contributed by atoms with E-state index in [0.29, 0.717) is 12.3 Å². The van der Waals surface area contributed by atoms with Crippen molar-refractivity contribution in [2.75, 3.05) is 20.2 Å². The molecular formula is C19H26N4O2. The van der Waals surface area contributed by atoms with E-state index in [0.717, 1.165) is 43.1 Å². The van der Waals surface area contributed by atoms with E-state index in [1.807, 2.05) is 49.1 Å². The average molecular weight is 342 g/mol. The lowest BCUT2D eigenvalue weighted by Gasteiger charge is -2.33. The zero-order valence-electron chi connectivity index (χ0n) is 15.2. The lowest BCUT2D eigenvalue weighted by Crippen LogP contribution is -2.41. The Morgan fingerprint density at radius 3 is 2.60 bits per heavy atom. The molecular weight excluding hydrogens is 316 g/mol. The highest BCUT2D eigenvalue weighted by atomic mass is 16.5. The summed E-state index contributed by atoms with van der Waals surface area (Å²) < 4.78 is 5.36. The fraction of sp³-hybridized carbons (Fsp3) is 0.526. The molecule has 1 fully saturated rings. The Morgan fingerprint density at radius 2 is 1.96 bits per heavy atom. The van der Waals surface area contributed by atoms with Crippen molar-refractivity contribution in [1.82, 2.24) is 20.1 Å². The maximum atomic E-state index is 12.4. The van der Waals surface area contributed by atoms with E-state index >= 15 is 0 Å². The van der Waals surface area contributed by atoms with Crippen LogP contribution in [0.3, 0.4) is 0 Å². The lowest BCUT2D eigenvalue weighted by molar-refractivity contribution is -0.137. The predicted octanol–water partition coefficient (Wildman–Crippen LogP) is 2.99. The van der Waals surface area contributed by atoms with Gasteiger partial charge in [0.25, 0.3) is 0 Å². The van der Waals surface area contributed by atoms with Crippen LogP contribution in [-0.2, 0) is 9.53 Å². The highest BCUT2D eigenvalue weighted by Crippen LogP contribution is 2.28. The highest BCUT2D eigenvalue weighted by molar-refractivity contribution is 5.77. The Hall–Kier alpha value is -2.21. The van der Waals surface area contributed by atoms with Crippen molar-refractivity contribution in [3.63, 3.8) is 0 Å². The first-order valence-corrected chi connectivity index (χ1v) is 8.79. The first-order valence-electron chi connectivity index (χ1n) is 8.79. The van der Waals surface area contributed by atoms with Gasteiger partial charge in [0.15, 0.2) is 5.82 Å². The first-order chi connectivity index (χ1) is 12.0. The Morgan fingerprint density at radius 1 is 1.28 bits per heavy atom. The summed E-state index contributed by atoms with van der Waals surface area (Å²) in [6.45, 7) is 5.39. The van der Waals surface area contributed by atoms with Gasteiger partial charge in [0.1, 0.15) is 5.82 Å². The number of hydrogen-bond donors (Lipinski definition) is 1. The van der Waals surface area contributed by atoms with Crippen LogP contribution in [0.2, 0.25) is 0 Å². The third-order valence-corrected chi connectivity index (χ3v) is 4.90. The SMILES string of the molecule is COC(C)(C)CC(=O)N1CCC(c2nc(-c3ccccc3)n[nH]2)CC1. The third-order valence-electron chi connectivity index (χ3n) is 4.90. The minimum absolute atomic E-state index is 0.160. The molecule has 3 rings (SSSR count). The number of methoxy groups -OCH3 is 1. The standard InChI is InChI=1S/C19H26N4O2/c1-19(2,25-3)13-16(24)23-11-9-15(10-12-23)18-20-17(21-22-18)14-7-5-4-6-8-14/h4-8,15H,9-13H2,1-3H3,(H,20,21,22). The monoisotopic (exact) mass is 342 g/mol. The van der Waals surface area contributed by atoms with E-state index in [-0.39, 0.29) is 5.91 Å². The van der Waals surface area contributed by atoms with Crippen LogP contribution in [0, 0.1) is 0 Å². The zero-order valence-corrected chi connectivity index (χ0v) is 15.2. The molecule has 0 atom stereocenters. The summed E-state index contributed by atoms with van der Waals surface area (Å²) in [5.74, 6) is 2.14. The number of aromatic amines is 1. The van der Waals surface area contributed by atoms with Gasteiger partial charge in [-0.05, 0) is 26.7 Å². The minimum atomic E-state index is -0.413. The van der Waals surface area contributed by atoms with Crippen LogP contribution in [0.5, 0.6) is 0 Å². The van der Waals surface area contributed by atoms with Crippen molar-refractivity contribution in [2.24, 2.45) is 0 Å². The van der Waals surface area contributed by atoms with Crippen molar-refractivity contribution in [3.05, 3.63) is 36.2 Å². The number of carbonyl (C=O) groups excluding carboxylic acids is 1. The number of H-pyrrole nitrogens is 1. The molecule has 1 amide bonds. The third kappa shape index (κ3) is 4.25. The van der Waals surface area contributed by atoms with Crippen molar-refractivity contribution in [1.29, 1.82) is 0 Å². The molecule has 6 nitrogen and oxygen atoms in total. The highest BCUT2D eigenvalue weighted by Gasteiger charge is 2.29. The molecule has 2 heterocycles. The number of amides is 1. The Labute approximate surface area is 148 Å². The summed E-state index contributed by atoms with van der Waals surface area (Å²) in [6, 6.07) is 9.96. The Kier molecular flexibility index (Phi) is 5.18. The maximum absolute atomic E-state index is 12.4. The predicted molar refractivity (Wildman–Crippen MR) is 96.1 cm³/mol.